The van der Waals surface area contributed by atoms with Gasteiger partial charge in [0.2, 0.25) is 0 Å². The van der Waals surface area contributed by atoms with Crippen LogP contribution in [0, 0.1) is 6.92 Å². The average molecular weight is 317 g/mol. The number of benzene rings is 2. The van der Waals surface area contributed by atoms with Crippen LogP contribution in [0.2, 0.25) is 0 Å². The van der Waals surface area contributed by atoms with Gasteiger partial charge in [-0.15, -0.1) is 0 Å². The lowest BCUT2D eigenvalue weighted by Gasteiger charge is -2.22. The number of para-hydroxylation sites is 1. The summed E-state index contributed by atoms with van der Waals surface area (Å²) >= 11 is 0. The Morgan fingerprint density at radius 3 is 2.32 bits per heavy atom. The molecule has 0 bridgehead atoms. The van der Waals surface area contributed by atoms with Crippen LogP contribution in [0.25, 0.3) is 0 Å². The fourth-order valence-corrected chi connectivity index (χ4v) is 2.57. The van der Waals surface area contributed by atoms with Crippen LogP contribution in [0.3, 0.4) is 0 Å². The Bertz CT molecular complexity index is 663. The second-order valence-corrected chi connectivity index (χ2v) is 6.72. The lowest BCUT2D eigenvalue weighted by molar-refractivity contribution is -0.168. The minimum Gasteiger partial charge on any atom is -0.575 e. The molecule has 0 N–H and O–H groups in total. The van der Waals surface area contributed by atoms with Gasteiger partial charge in [-0.05, 0) is 56.7 Å². The number of nitrogens with zero attached hydrogens (tertiary/aromatic N) is 1. The lowest BCUT2D eigenvalue weighted by atomic mass is 10.1. The fourth-order valence-electron chi connectivity index (χ4n) is 1.83. The van der Waals surface area contributed by atoms with Crippen molar-refractivity contribution in [2.75, 3.05) is 0 Å². The van der Waals surface area contributed by atoms with Crippen LogP contribution in [0.4, 0.5) is 5.69 Å². The highest BCUT2D eigenvalue weighted by Crippen LogP contribution is 2.34. The zero-order chi connectivity index (χ0) is 16.2. The third kappa shape index (κ3) is 4.83. The fraction of sp³-hybridized carbons (Fsp3) is 0.294. The van der Waals surface area contributed by atoms with E-state index in [2.05, 4.69) is 4.74 Å². The molecule has 0 fully saturated rings. The Labute approximate surface area is 132 Å². The maximum Gasteiger partial charge on any atom is 0.399 e. The second kappa shape index (κ2) is 6.91. The van der Waals surface area contributed by atoms with Crippen LogP contribution < -0.4 is 14.2 Å². The number of rotatable bonds is 4. The summed E-state index contributed by atoms with van der Waals surface area (Å²) in [4.78, 5) is 12.0. The molecule has 5 heteroatoms. The summed E-state index contributed by atoms with van der Waals surface area (Å²) in [6.07, 6.45) is 0. The van der Waals surface area contributed by atoms with Gasteiger partial charge in [-0.3, -0.25) is 4.52 Å². The van der Waals surface area contributed by atoms with Gasteiger partial charge in [0.25, 0.3) is 0 Å². The molecule has 22 heavy (non-hydrogen) atoms. The van der Waals surface area contributed by atoms with Crippen molar-refractivity contribution in [3.05, 3.63) is 54.1 Å². The average Bonchev–Trinajstić information content (AvgIpc) is 2.43. The first-order valence-electron chi connectivity index (χ1n) is 7.06. The highest BCUT2D eigenvalue weighted by Gasteiger charge is 2.16. The Balaban J connectivity index is 2.22. The van der Waals surface area contributed by atoms with E-state index in [4.69, 9.17) is 9.26 Å². The quantitative estimate of drug-likeness (QED) is 0.765. The van der Waals surface area contributed by atoms with E-state index in [1.54, 1.807) is 18.2 Å². The van der Waals surface area contributed by atoms with Gasteiger partial charge in [0.1, 0.15) is 17.0 Å². The predicted octanol–water partition coefficient (Wildman–Crippen LogP) is 4.74. The summed E-state index contributed by atoms with van der Waals surface area (Å²) in [5.74, 6) is 1.27. The molecule has 0 aliphatic rings. The van der Waals surface area contributed by atoms with Crippen LogP contribution in [0.1, 0.15) is 26.3 Å². The molecule has 0 aliphatic heterocycles. The van der Waals surface area contributed by atoms with Gasteiger partial charge < -0.3 is 9.63 Å². The standard InChI is InChI=1S/C17H20NO3P/c1-13-15(11-8-12-16(13)20-17(2,3)4)18-22(19)21-14-9-6-5-7-10-14/h5-12H,1-4H3. The smallest absolute Gasteiger partial charge is 0.399 e. The number of hydrogen-bond acceptors (Lipinski definition) is 4. The Morgan fingerprint density at radius 2 is 1.68 bits per heavy atom. The van der Waals surface area contributed by atoms with Gasteiger partial charge in [-0.2, -0.15) is 0 Å². The maximum absolute atomic E-state index is 12.0. The molecule has 1 unspecified atom stereocenters. The van der Waals surface area contributed by atoms with Crippen molar-refractivity contribution in [3.63, 3.8) is 0 Å². The molecule has 0 spiro atoms. The van der Waals surface area contributed by atoms with E-state index >= 15 is 0 Å². The van der Waals surface area contributed by atoms with Crippen LogP contribution in [0.15, 0.2) is 53.3 Å². The lowest BCUT2D eigenvalue weighted by Crippen LogP contribution is -2.23. The SMILES string of the molecule is Cc1c(/N=[P+](\[O-])Oc2ccccc2)cccc1OC(C)(C)C. The summed E-state index contributed by atoms with van der Waals surface area (Å²) in [6.45, 7) is 7.84. The van der Waals surface area contributed by atoms with E-state index in [0.29, 0.717) is 11.4 Å². The minimum atomic E-state index is -2.18. The molecule has 0 heterocycles. The van der Waals surface area contributed by atoms with Crippen molar-refractivity contribution in [3.8, 4) is 11.5 Å². The molecule has 1 atom stereocenters. The molecule has 0 amide bonds. The molecule has 116 valence electrons. The minimum absolute atomic E-state index is 0.299. The molecule has 2 rings (SSSR count). The highest BCUT2D eigenvalue weighted by molar-refractivity contribution is 7.34. The maximum atomic E-state index is 12.0. The van der Waals surface area contributed by atoms with Gasteiger partial charge in [-0.1, -0.05) is 24.3 Å². The van der Waals surface area contributed by atoms with E-state index in [-0.39, 0.29) is 5.60 Å². The molecule has 0 aliphatic carbocycles. The first-order valence-corrected chi connectivity index (χ1v) is 8.19. The molecule has 0 radical (unpaired) electrons. The molecule has 0 saturated carbocycles. The Morgan fingerprint density at radius 1 is 1.00 bits per heavy atom. The Kier molecular flexibility index (Phi) is 5.17. The number of ether oxygens (including phenoxy) is 1. The van der Waals surface area contributed by atoms with Gasteiger partial charge in [0.15, 0.2) is 5.75 Å². The van der Waals surface area contributed by atoms with Crippen molar-refractivity contribution in [2.24, 2.45) is 4.74 Å². The van der Waals surface area contributed by atoms with E-state index in [9.17, 15) is 4.89 Å². The van der Waals surface area contributed by atoms with Crippen LogP contribution in [-0.4, -0.2) is 5.60 Å². The zero-order valence-corrected chi connectivity index (χ0v) is 14.1. The Hall–Kier alpha value is -1.90. The summed E-state index contributed by atoms with van der Waals surface area (Å²) in [5.41, 5.74) is 1.16. The first kappa shape index (κ1) is 16.5. The van der Waals surface area contributed by atoms with E-state index < -0.39 is 8.17 Å². The summed E-state index contributed by atoms with van der Waals surface area (Å²) in [5, 5.41) is 0. The van der Waals surface area contributed by atoms with Gasteiger partial charge in [0, 0.05) is 5.56 Å². The van der Waals surface area contributed by atoms with Crippen molar-refractivity contribution in [1.29, 1.82) is 0 Å². The molecule has 2 aromatic carbocycles. The van der Waals surface area contributed by atoms with Gasteiger partial charge >= 0.3 is 8.17 Å². The van der Waals surface area contributed by atoms with Gasteiger partial charge in [-0.25, -0.2) is 0 Å². The molecule has 4 nitrogen and oxygen atoms in total. The molecule has 0 aromatic heterocycles. The van der Waals surface area contributed by atoms with E-state index in [0.717, 1.165) is 11.3 Å². The normalized spacial score (nSPS) is 12.1. The molecule has 0 saturated heterocycles. The van der Waals surface area contributed by atoms with Crippen molar-refractivity contribution < 1.29 is 14.2 Å². The van der Waals surface area contributed by atoms with Crippen molar-refractivity contribution in [1.82, 2.24) is 0 Å². The van der Waals surface area contributed by atoms with Crippen LogP contribution >= 0.6 is 8.17 Å². The predicted molar refractivity (Wildman–Crippen MR) is 87.6 cm³/mol. The number of hydrogen-bond donors (Lipinski definition) is 0. The van der Waals surface area contributed by atoms with E-state index in [1.165, 1.54) is 0 Å². The first-order chi connectivity index (χ1) is 10.3. The highest BCUT2D eigenvalue weighted by atomic mass is 31.1. The third-order valence-electron chi connectivity index (χ3n) is 2.79. The topological polar surface area (TPSA) is 53.9 Å². The van der Waals surface area contributed by atoms with E-state index in [1.807, 2.05) is 58.0 Å². The summed E-state index contributed by atoms with van der Waals surface area (Å²) in [6, 6.07) is 14.5. The second-order valence-electron chi connectivity index (χ2n) is 5.86. The van der Waals surface area contributed by atoms with Crippen LogP contribution in [-0.2, 0) is 0 Å². The summed E-state index contributed by atoms with van der Waals surface area (Å²) in [7, 11) is -2.18. The van der Waals surface area contributed by atoms with Crippen molar-refractivity contribution >= 4 is 13.9 Å². The third-order valence-corrected chi connectivity index (χ3v) is 3.53. The molecule has 2 aromatic rings. The molecular weight excluding hydrogens is 297 g/mol. The summed E-state index contributed by atoms with van der Waals surface area (Å²) < 4.78 is 15.3. The largest absolute Gasteiger partial charge is 0.575 e. The van der Waals surface area contributed by atoms with Gasteiger partial charge in [0.05, 0.1) is 0 Å². The zero-order valence-electron chi connectivity index (χ0n) is 13.2. The monoisotopic (exact) mass is 317 g/mol. The molecular formula is C17H20NO3P. The van der Waals surface area contributed by atoms with Crippen molar-refractivity contribution in [2.45, 2.75) is 33.3 Å². The van der Waals surface area contributed by atoms with Crippen LogP contribution in [0.5, 0.6) is 11.5 Å².